The van der Waals surface area contributed by atoms with Gasteiger partial charge >= 0.3 is 0 Å². The zero-order valence-corrected chi connectivity index (χ0v) is 11.6. The first-order chi connectivity index (χ1) is 8.50. The molecule has 1 aromatic rings. The second-order valence-corrected chi connectivity index (χ2v) is 4.77. The van der Waals surface area contributed by atoms with Crippen LogP contribution in [0.4, 0.5) is 5.69 Å². The van der Waals surface area contributed by atoms with Crippen molar-refractivity contribution in [1.82, 2.24) is 5.32 Å². The summed E-state index contributed by atoms with van der Waals surface area (Å²) in [7, 11) is 0. The molecule has 1 atom stereocenters. The van der Waals surface area contributed by atoms with Crippen LogP contribution in [0.1, 0.15) is 13.3 Å². The molecule has 6 heteroatoms. The van der Waals surface area contributed by atoms with Crippen molar-refractivity contribution in [3.8, 4) is 0 Å². The van der Waals surface area contributed by atoms with Gasteiger partial charge in [-0.2, -0.15) is 0 Å². The molecule has 0 spiro atoms. The number of aliphatic hydroxyl groups is 1. The van der Waals surface area contributed by atoms with E-state index in [1.165, 1.54) is 0 Å². The molecule has 1 unspecified atom stereocenters. The fourth-order valence-corrected chi connectivity index (χ4v) is 1.81. The zero-order valence-electron chi connectivity index (χ0n) is 10.0. The van der Waals surface area contributed by atoms with Gasteiger partial charge in [-0.3, -0.25) is 4.79 Å². The molecule has 0 aliphatic rings. The first-order valence-electron chi connectivity index (χ1n) is 5.63. The normalized spacial score (nSPS) is 12.2. The highest BCUT2D eigenvalue weighted by atomic mass is 35.5. The molecule has 0 radical (unpaired) electrons. The smallest absolute Gasteiger partial charge is 0.238 e. The highest BCUT2D eigenvalue weighted by Gasteiger charge is 2.09. The van der Waals surface area contributed by atoms with Crippen molar-refractivity contribution in [2.75, 3.05) is 18.4 Å². The van der Waals surface area contributed by atoms with Crippen LogP contribution < -0.4 is 10.6 Å². The van der Waals surface area contributed by atoms with Crippen LogP contribution in [0.2, 0.25) is 10.0 Å². The third-order valence-corrected chi connectivity index (χ3v) is 2.88. The fraction of sp³-hybridized carbons (Fsp3) is 0.417. The molecule has 1 amide bonds. The summed E-state index contributed by atoms with van der Waals surface area (Å²) >= 11 is 11.8. The number of halogens is 2. The van der Waals surface area contributed by atoms with Gasteiger partial charge in [0, 0.05) is 0 Å². The molecule has 0 aliphatic carbocycles. The van der Waals surface area contributed by atoms with Gasteiger partial charge in [0.2, 0.25) is 5.91 Å². The Hall–Kier alpha value is -0.810. The fourth-order valence-electron chi connectivity index (χ4n) is 1.31. The van der Waals surface area contributed by atoms with E-state index >= 15 is 0 Å². The molecule has 18 heavy (non-hydrogen) atoms. The van der Waals surface area contributed by atoms with E-state index < -0.39 is 0 Å². The number of benzene rings is 1. The number of hydrogen-bond acceptors (Lipinski definition) is 3. The highest BCUT2D eigenvalue weighted by molar-refractivity contribution is 6.39. The van der Waals surface area contributed by atoms with Gasteiger partial charge in [0.25, 0.3) is 0 Å². The van der Waals surface area contributed by atoms with Crippen molar-refractivity contribution < 1.29 is 9.90 Å². The largest absolute Gasteiger partial charge is 0.393 e. The molecule has 4 nitrogen and oxygen atoms in total. The van der Waals surface area contributed by atoms with Gasteiger partial charge in [-0.1, -0.05) is 29.3 Å². The number of carbonyl (C=O) groups is 1. The second kappa shape index (κ2) is 7.59. The molecular weight excluding hydrogens is 275 g/mol. The van der Waals surface area contributed by atoms with Crippen LogP contribution in [0.3, 0.4) is 0 Å². The van der Waals surface area contributed by atoms with Crippen LogP contribution in [0.25, 0.3) is 0 Å². The Morgan fingerprint density at radius 1 is 1.39 bits per heavy atom. The third-order valence-electron chi connectivity index (χ3n) is 2.25. The molecule has 0 saturated heterocycles. The summed E-state index contributed by atoms with van der Waals surface area (Å²) in [6.07, 6.45) is 0.221. The monoisotopic (exact) mass is 290 g/mol. The Morgan fingerprint density at radius 2 is 2.00 bits per heavy atom. The van der Waals surface area contributed by atoms with Gasteiger partial charge < -0.3 is 15.7 Å². The van der Waals surface area contributed by atoms with Crippen LogP contribution in [0.15, 0.2) is 18.2 Å². The van der Waals surface area contributed by atoms with Crippen molar-refractivity contribution >= 4 is 34.8 Å². The molecule has 1 rings (SSSR count). The van der Waals surface area contributed by atoms with Gasteiger partial charge in [0.1, 0.15) is 0 Å². The van der Waals surface area contributed by atoms with Crippen LogP contribution in [-0.4, -0.2) is 30.2 Å². The van der Waals surface area contributed by atoms with Crippen molar-refractivity contribution in [2.24, 2.45) is 0 Å². The molecule has 3 N–H and O–H groups in total. The number of nitrogens with one attached hydrogen (secondary N) is 2. The van der Waals surface area contributed by atoms with Gasteiger partial charge in [-0.25, -0.2) is 0 Å². The summed E-state index contributed by atoms with van der Waals surface area (Å²) in [6, 6.07) is 5.02. The average molecular weight is 291 g/mol. The second-order valence-electron chi connectivity index (χ2n) is 3.96. The Bertz CT molecular complexity index is 391. The molecule has 0 aromatic heterocycles. The average Bonchev–Trinajstić information content (AvgIpc) is 2.29. The lowest BCUT2D eigenvalue weighted by atomic mass is 10.3. The quantitative estimate of drug-likeness (QED) is 0.705. The summed E-state index contributed by atoms with van der Waals surface area (Å²) in [5.41, 5.74) is 0.420. The van der Waals surface area contributed by atoms with Crippen LogP contribution in [0.5, 0.6) is 0 Å². The van der Waals surface area contributed by atoms with Crippen LogP contribution in [-0.2, 0) is 4.79 Å². The maximum atomic E-state index is 11.6. The van der Waals surface area contributed by atoms with Gasteiger partial charge in [-0.05, 0) is 32.0 Å². The molecular formula is C12H16Cl2N2O2. The summed E-state index contributed by atoms with van der Waals surface area (Å²) in [6.45, 7) is 2.42. The molecule has 0 heterocycles. The number of rotatable bonds is 6. The van der Waals surface area contributed by atoms with Crippen LogP contribution in [0, 0.1) is 0 Å². The van der Waals surface area contributed by atoms with Gasteiger partial charge in [0.05, 0.1) is 28.4 Å². The first kappa shape index (κ1) is 15.2. The molecule has 1 aromatic carbocycles. The van der Waals surface area contributed by atoms with Crippen molar-refractivity contribution in [3.63, 3.8) is 0 Å². The molecule has 100 valence electrons. The Labute approximate surface area is 116 Å². The number of carbonyl (C=O) groups excluding carboxylic acids is 1. The lowest BCUT2D eigenvalue weighted by Crippen LogP contribution is -2.30. The third kappa shape index (κ3) is 5.23. The lowest BCUT2D eigenvalue weighted by Gasteiger charge is -2.10. The number of para-hydroxylation sites is 1. The number of hydrogen-bond donors (Lipinski definition) is 3. The van der Waals surface area contributed by atoms with Gasteiger partial charge in [0.15, 0.2) is 0 Å². The van der Waals surface area contributed by atoms with E-state index in [2.05, 4.69) is 10.6 Å². The van der Waals surface area contributed by atoms with E-state index in [9.17, 15) is 4.79 Å². The van der Waals surface area contributed by atoms with E-state index in [4.69, 9.17) is 28.3 Å². The molecule has 0 aliphatic heterocycles. The Balaban J connectivity index is 2.40. The standard InChI is InChI=1S/C12H16Cl2N2O2/c1-8(17)5-6-15-7-11(18)16-12-9(13)3-2-4-10(12)14/h2-4,8,15,17H,5-7H2,1H3,(H,16,18). The summed E-state index contributed by atoms with van der Waals surface area (Å²) < 4.78 is 0. The topological polar surface area (TPSA) is 61.4 Å². The maximum Gasteiger partial charge on any atom is 0.238 e. The molecule has 0 saturated carbocycles. The summed E-state index contributed by atoms with van der Waals surface area (Å²) in [5, 5.41) is 15.4. The SMILES string of the molecule is CC(O)CCNCC(=O)Nc1c(Cl)cccc1Cl. The molecule has 0 fully saturated rings. The lowest BCUT2D eigenvalue weighted by molar-refractivity contribution is -0.115. The van der Waals surface area contributed by atoms with Crippen LogP contribution >= 0.6 is 23.2 Å². The predicted octanol–water partition coefficient (Wildman–Crippen LogP) is 2.29. The van der Waals surface area contributed by atoms with Crippen molar-refractivity contribution in [1.29, 1.82) is 0 Å². The number of anilines is 1. The first-order valence-corrected chi connectivity index (χ1v) is 6.39. The van der Waals surface area contributed by atoms with Crippen molar-refractivity contribution in [3.05, 3.63) is 28.2 Å². The van der Waals surface area contributed by atoms with Gasteiger partial charge in [-0.15, -0.1) is 0 Å². The predicted molar refractivity (Wildman–Crippen MR) is 74.3 cm³/mol. The Morgan fingerprint density at radius 3 is 2.56 bits per heavy atom. The highest BCUT2D eigenvalue weighted by Crippen LogP contribution is 2.29. The minimum absolute atomic E-state index is 0.147. The number of amides is 1. The van der Waals surface area contributed by atoms with Crippen molar-refractivity contribution in [2.45, 2.75) is 19.4 Å². The summed E-state index contributed by atoms with van der Waals surface area (Å²) in [5.74, 6) is -0.226. The Kier molecular flexibility index (Phi) is 6.43. The van der Waals surface area contributed by atoms with E-state index in [-0.39, 0.29) is 18.6 Å². The number of aliphatic hydroxyl groups excluding tert-OH is 1. The van der Waals surface area contributed by atoms with E-state index in [1.54, 1.807) is 25.1 Å². The van der Waals surface area contributed by atoms with E-state index in [0.29, 0.717) is 28.7 Å². The molecule has 0 bridgehead atoms. The minimum atomic E-state index is -0.376. The van der Waals surface area contributed by atoms with E-state index in [0.717, 1.165) is 0 Å². The maximum absolute atomic E-state index is 11.6. The zero-order chi connectivity index (χ0) is 13.5. The minimum Gasteiger partial charge on any atom is -0.393 e. The van der Waals surface area contributed by atoms with E-state index in [1.807, 2.05) is 0 Å². The summed E-state index contributed by atoms with van der Waals surface area (Å²) in [4.78, 5) is 11.6.